The monoisotopic (exact) mass is 361 g/mol. The zero-order valence-corrected chi connectivity index (χ0v) is 15.2. The van der Waals surface area contributed by atoms with Crippen LogP contribution in [0.15, 0.2) is 6.07 Å². The van der Waals surface area contributed by atoms with Crippen LogP contribution < -0.4 is 16.0 Å². The van der Waals surface area contributed by atoms with Crippen molar-refractivity contribution in [1.29, 1.82) is 0 Å². The highest BCUT2D eigenvalue weighted by molar-refractivity contribution is 5.89. The highest BCUT2D eigenvalue weighted by Gasteiger charge is 2.46. The molecule has 1 aromatic rings. The maximum absolute atomic E-state index is 12.0. The fourth-order valence-corrected chi connectivity index (χ4v) is 2.80. The van der Waals surface area contributed by atoms with Crippen LogP contribution in [0.5, 0.6) is 0 Å². The lowest BCUT2D eigenvalue weighted by atomic mass is 10.0. The van der Waals surface area contributed by atoms with Crippen molar-refractivity contribution < 1.29 is 4.79 Å². The first kappa shape index (κ1) is 19.9. The molecule has 0 bridgehead atoms. The predicted molar refractivity (Wildman–Crippen MR) is 95.5 cm³/mol. The van der Waals surface area contributed by atoms with Gasteiger partial charge in [0, 0.05) is 30.9 Å². The number of hydrogen-bond donors (Lipinski definition) is 2. The number of carbonyl (C=O) groups excluding carboxylic acids is 1. The second-order valence-electron chi connectivity index (χ2n) is 6.31. The van der Waals surface area contributed by atoms with Gasteiger partial charge in [-0.15, -0.1) is 24.8 Å². The summed E-state index contributed by atoms with van der Waals surface area (Å²) in [5, 5.41) is 3.09. The minimum absolute atomic E-state index is 0. The van der Waals surface area contributed by atoms with Crippen LogP contribution in [0.1, 0.15) is 37.2 Å². The van der Waals surface area contributed by atoms with Crippen LogP contribution in [0.3, 0.4) is 0 Å². The smallest absolute Gasteiger partial charge is 0.240 e. The molecule has 2 aliphatic rings. The number of nitrogens with one attached hydrogen (secondary N) is 1. The Kier molecular flexibility index (Phi) is 6.62. The van der Waals surface area contributed by atoms with Gasteiger partial charge in [-0.2, -0.15) is 0 Å². The summed E-state index contributed by atoms with van der Waals surface area (Å²) >= 11 is 0. The molecule has 2 heterocycles. The highest BCUT2D eigenvalue weighted by Crippen LogP contribution is 2.32. The lowest BCUT2D eigenvalue weighted by Crippen LogP contribution is -2.51. The standard InChI is InChI=1S/C15H23N5O.2ClH/c1-10-9-13(18-11(2)17-10)20-7-3-12(4-8-20)19-14(21)15(16)5-6-15;;/h9,12H,3-8,16H2,1-2H3,(H,19,21);2*1H. The van der Waals surface area contributed by atoms with Crippen LogP contribution in [-0.4, -0.2) is 40.5 Å². The van der Waals surface area contributed by atoms with Gasteiger partial charge in [-0.1, -0.05) is 0 Å². The summed E-state index contributed by atoms with van der Waals surface area (Å²) < 4.78 is 0. The molecule has 1 aliphatic carbocycles. The Labute approximate surface area is 149 Å². The minimum Gasteiger partial charge on any atom is -0.356 e. The van der Waals surface area contributed by atoms with Gasteiger partial charge in [-0.3, -0.25) is 4.79 Å². The van der Waals surface area contributed by atoms with E-state index in [4.69, 9.17) is 5.73 Å². The molecule has 23 heavy (non-hydrogen) atoms. The fourth-order valence-electron chi connectivity index (χ4n) is 2.80. The van der Waals surface area contributed by atoms with E-state index in [2.05, 4.69) is 20.2 Å². The molecule has 3 N–H and O–H groups in total. The molecule has 0 unspecified atom stereocenters. The summed E-state index contributed by atoms with van der Waals surface area (Å²) in [6, 6.07) is 2.25. The van der Waals surface area contributed by atoms with Crippen molar-refractivity contribution in [2.75, 3.05) is 18.0 Å². The molecule has 0 atom stereocenters. The Morgan fingerprint density at radius 3 is 2.39 bits per heavy atom. The van der Waals surface area contributed by atoms with Gasteiger partial charge in [-0.25, -0.2) is 9.97 Å². The van der Waals surface area contributed by atoms with Crippen molar-refractivity contribution in [2.24, 2.45) is 5.73 Å². The number of nitrogens with zero attached hydrogens (tertiary/aromatic N) is 3. The lowest BCUT2D eigenvalue weighted by Gasteiger charge is -2.33. The Bertz CT molecular complexity index is 537. The molecule has 1 aliphatic heterocycles. The molecule has 6 nitrogen and oxygen atoms in total. The molecule has 1 aromatic heterocycles. The molecule has 130 valence electrons. The van der Waals surface area contributed by atoms with E-state index in [0.29, 0.717) is 0 Å². The Balaban J connectivity index is 0.00000132. The Morgan fingerprint density at radius 1 is 1.26 bits per heavy atom. The van der Waals surface area contributed by atoms with E-state index in [1.165, 1.54) is 0 Å². The van der Waals surface area contributed by atoms with Crippen molar-refractivity contribution >= 4 is 36.5 Å². The van der Waals surface area contributed by atoms with Crippen LogP contribution in [-0.2, 0) is 4.79 Å². The summed E-state index contributed by atoms with van der Waals surface area (Å²) in [6.07, 6.45) is 3.50. The van der Waals surface area contributed by atoms with Crippen molar-refractivity contribution in [3.8, 4) is 0 Å². The third-order valence-electron chi connectivity index (χ3n) is 4.35. The number of aryl methyl sites for hydroxylation is 2. The molecule has 1 saturated carbocycles. The summed E-state index contributed by atoms with van der Waals surface area (Å²) in [5.41, 5.74) is 6.34. The summed E-state index contributed by atoms with van der Waals surface area (Å²) in [4.78, 5) is 23.0. The number of hydrogen-bond acceptors (Lipinski definition) is 5. The van der Waals surface area contributed by atoms with Crippen molar-refractivity contribution in [3.63, 3.8) is 0 Å². The van der Waals surface area contributed by atoms with Gasteiger partial charge >= 0.3 is 0 Å². The molecule has 0 radical (unpaired) electrons. The topological polar surface area (TPSA) is 84.1 Å². The molecule has 0 aromatic carbocycles. The number of rotatable bonds is 3. The Hall–Kier alpha value is -1.11. The largest absolute Gasteiger partial charge is 0.356 e. The minimum atomic E-state index is -0.571. The first-order valence-electron chi connectivity index (χ1n) is 7.63. The second-order valence-corrected chi connectivity index (χ2v) is 6.31. The van der Waals surface area contributed by atoms with E-state index in [-0.39, 0.29) is 36.8 Å². The third-order valence-corrected chi connectivity index (χ3v) is 4.35. The third kappa shape index (κ3) is 4.68. The van der Waals surface area contributed by atoms with E-state index < -0.39 is 5.54 Å². The lowest BCUT2D eigenvalue weighted by molar-refractivity contribution is -0.124. The second kappa shape index (κ2) is 7.64. The van der Waals surface area contributed by atoms with Crippen molar-refractivity contribution in [1.82, 2.24) is 15.3 Å². The molecule has 8 heteroatoms. The predicted octanol–water partition coefficient (Wildman–Crippen LogP) is 1.51. The number of amides is 1. The summed E-state index contributed by atoms with van der Waals surface area (Å²) in [6.45, 7) is 5.71. The molecular weight excluding hydrogens is 337 g/mol. The molecule has 3 rings (SSSR count). The number of aromatic nitrogens is 2. The SMILES string of the molecule is Cc1cc(N2CCC(NC(=O)C3(N)CC3)CC2)nc(C)n1.Cl.Cl. The van der Waals surface area contributed by atoms with E-state index >= 15 is 0 Å². The van der Waals surface area contributed by atoms with E-state index in [1.807, 2.05) is 19.9 Å². The van der Waals surface area contributed by atoms with Gasteiger partial charge in [0.1, 0.15) is 11.6 Å². The molecule has 1 saturated heterocycles. The van der Waals surface area contributed by atoms with Gasteiger partial charge in [0.05, 0.1) is 5.54 Å². The zero-order valence-electron chi connectivity index (χ0n) is 13.5. The van der Waals surface area contributed by atoms with Crippen LogP contribution in [0, 0.1) is 13.8 Å². The van der Waals surface area contributed by atoms with E-state index in [9.17, 15) is 4.79 Å². The average molecular weight is 362 g/mol. The maximum atomic E-state index is 12.0. The van der Waals surface area contributed by atoms with Crippen LogP contribution >= 0.6 is 24.8 Å². The first-order chi connectivity index (χ1) is 9.96. The molecule has 1 amide bonds. The number of anilines is 1. The van der Waals surface area contributed by atoms with Gasteiger partial charge in [0.2, 0.25) is 5.91 Å². The first-order valence-corrected chi connectivity index (χ1v) is 7.63. The molecule has 2 fully saturated rings. The van der Waals surface area contributed by atoms with E-state index in [0.717, 1.165) is 56.1 Å². The van der Waals surface area contributed by atoms with Gasteiger partial charge in [0.15, 0.2) is 0 Å². The fraction of sp³-hybridized carbons (Fsp3) is 0.667. The van der Waals surface area contributed by atoms with Crippen molar-refractivity contribution in [3.05, 3.63) is 17.6 Å². The Morgan fingerprint density at radius 2 is 1.87 bits per heavy atom. The average Bonchev–Trinajstić information content (AvgIpc) is 3.18. The number of nitrogens with two attached hydrogens (primary N) is 1. The number of halogens is 2. The van der Waals surface area contributed by atoms with E-state index in [1.54, 1.807) is 0 Å². The van der Waals surface area contributed by atoms with Crippen molar-refractivity contribution in [2.45, 2.75) is 51.1 Å². The molecular formula is C15H25Cl2N5O. The van der Waals surface area contributed by atoms with Crippen LogP contribution in [0.2, 0.25) is 0 Å². The number of piperidine rings is 1. The van der Waals surface area contributed by atoms with Gasteiger partial charge < -0.3 is 16.0 Å². The zero-order chi connectivity index (χ0) is 15.0. The maximum Gasteiger partial charge on any atom is 0.240 e. The van der Waals surface area contributed by atoms with Crippen LogP contribution in [0.25, 0.3) is 0 Å². The normalized spacial score (nSPS) is 19.3. The van der Waals surface area contributed by atoms with Crippen LogP contribution in [0.4, 0.5) is 5.82 Å². The summed E-state index contributed by atoms with van der Waals surface area (Å²) in [7, 11) is 0. The number of carbonyl (C=O) groups is 1. The summed E-state index contributed by atoms with van der Waals surface area (Å²) in [5.74, 6) is 1.82. The van der Waals surface area contributed by atoms with Gasteiger partial charge in [-0.05, 0) is 39.5 Å². The molecule has 0 spiro atoms. The van der Waals surface area contributed by atoms with Gasteiger partial charge in [0.25, 0.3) is 0 Å². The highest BCUT2D eigenvalue weighted by atomic mass is 35.5. The quantitative estimate of drug-likeness (QED) is 0.852.